The number of piperidine rings is 1. The first-order chi connectivity index (χ1) is 9.89. The SMILES string of the molecule is CCC1(C(=O)N2CCCC(C(C)(C)C)CC2)CCCNC1. The van der Waals surface area contributed by atoms with E-state index in [1.54, 1.807) is 0 Å². The lowest BCUT2D eigenvalue weighted by Gasteiger charge is -2.39. The molecule has 21 heavy (non-hydrogen) atoms. The molecule has 0 spiro atoms. The fourth-order valence-corrected chi connectivity index (χ4v) is 4.10. The molecule has 2 saturated heterocycles. The Kier molecular flexibility index (Phi) is 5.34. The van der Waals surface area contributed by atoms with Crippen LogP contribution in [0.2, 0.25) is 0 Å². The third-order valence-corrected chi connectivity index (χ3v) is 5.84. The maximum absolute atomic E-state index is 13.1. The summed E-state index contributed by atoms with van der Waals surface area (Å²) in [5.74, 6) is 1.17. The molecule has 3 heteroatoms. The molecule has 0 saturated carbocycles. The average molecular weight is 294 g/mol. The van der Waals surface area contributed by atoms with Gasteiger partial charge in [0.2, 0.25) is 5.91 Å². The van der Waals surface area contributed by atoms with E-state index in [1.807, 2.05) is 0 Å². The molecule has 0 aromatic rings. The van der Waals surface area contributed by atoms with Crippen LogP contribution in [-0.2, 0) is 4.79 Å². The van der Waals surface area contributed by atoms with E-state index in [1.165, 1.54) is 19.3 Å². The summed E-state index contributed by atoms with van der Waals surface area (Å²) in [4.78, 5) is 15.3. The number of hydrogen-bond donors (Lipinski definition) is 1. The summed E-state index contributed by atoms with van der Waals surface area (Å²) in [6.07, 6.45) is 6.78. The van der Waals surface area contributed by atoms with Gasteiger partial charge in [-0.2, -0.15) is 0 Å². The minimum Gasteiger partial charge on any atom is -0.342 e. The number of carbonyl (C=O) groups is 1. The summed E-state index contributed by atoms with van der Waals surface area (Å²) in [7, 11) is 0. The molecule has 2 atom stereocenters. The van der Waals surface area contributed by atoms with E-state index in [9.17, 15) is 4.79 Å². The highest BCUT2D eigenvalue weighted by atomic mass is 16.2. The second kappa shape index (κ2) is 6.68. The molecule has 0 radical (unpaired) electrons. The normalized spacial score (nSPS) is 31.8. The molecule has 2 unspecified atom stereocenters. The predicted octanol–water partition coefficient (Wildman–Crippen LogP) is 3.44. The maximum atomic E-state index is 13.1. The topological polar surface area (TPSA) is 32.3 Å². The molecule has 0 bridgehead atoms. The molecule has 1 amide bonds. The van der Waals surface area contributed by atoms with E-state index < -0.39 is 0 Å². The van der Waals surface area contributed by atoms with E-state index in [0.29, 0.717) is 11.3 Å². The number of hydrogen-bond acceptors (Lipinski definition) is 2. The van der Waals surface area contributed by atoms with Crippen molar-refractivity contribution in [3.8, 4) is 0 Å². The number of nitrogens with one attached hydrogen (secondary N) is 1. The average Bonchev–Trinajstić information content (AvgIpc) is 2.72. The Hall–Kier alpha value is -0.570. The molecule has 0 aliphatic carbocycles. The van der Waals surface area contributed by atoms with Gasteiger partial charge in [-0.3, -0.25) is 4.79 Å². The monoisotopic (exact) mass is 294 g/mol. The molecular weight excluding hydrogens is 260 g/mol. The molecule has 2 heterocycles. The molecule has 122 valence electrons. The zero-order valence-electron chi connectivity index (χ0n) is 14.5. The Balaban J connectivity index is 2.02. The van der Waals surface area contributed by atoms with Crippen molar-refractivity contribution in [2.24, 2.45) is 16.7 Å². The Morgan fingerprint density at radius 2 is 2.00 bits per heavy atom. The quantitative estimate of drug-likeness (QED) is 0.846. The van der Waals surface area contributed by atoms with Gasteiger partial charge in [-0.15, -0.1) is 0 Å². The van der Waals surface area contributed by atoms with Crippen molar-refractivity contribution in [2.75, 3.05) is 26.2 Å². The van der Waals surface area contributed by atoms with Crippen molar-refractivity contribution in [3.63, 3.8) is 0 Å². The van der Waals surface area contributed by atoms with Crippen molar-refractivity contribution in [3.05, 3.63) is 0 Å². The Labute approximate surface area is 130 Å². The van der Waals surface area contributed by atoms with Gasteiger partial charge >= 0.3 is 0 Å². The molecule has 0 aromatic heterocycles. The van der Waals surface area contributed by atoms with Crippen LogP contribution in [0.1, 0.15) is 66.2 Å². The van der Waals surface area contributed by atoms with Crippen LogP contribution in [0.3, 0.4) is 0 Å². The fourth-order valence-electron chi connectivity index (χ4n) is 4.10. The third-order valence-electron chi connectivity index (χ3n) is 5.84. The molecule has 2 aliphatic rings. The molecule has 2 rings (SSSR count). The smallest absolute Gasteiger partial charge is 0.230 e. The second-order valence-corrected chi connectivity index (χ2v) is 8.20. The number of nitrogens with zero attached hydrogens (tertiary/aromatic N) is 1. The standard InChI is InChI=1S/C18H34N2O/c1-5-18(10-7-11-19-14-18)16(21)20-12-6-8-15(9-13-20)17(2,3)4/h15,19H,5-14H2,1-4H3. The zero-order chi connectivity index (χ0) is 15.5. The molecule has 0 aromatic carbocycles. The summed E-state index contributed by atoms with van der Waals surface area (Å²) >= 11 is 0. The highest BCUT2D eigenvalue weighted by molar-refractivity contribution is 5.83. The van der Waals surface area contributed by atoms with Crippen LogP contribution < -0.4 is 5.32 Å². The lowest BCUT2D eigenvalue weighted by atomic mass is 9.76. The maximum Gasteiger partial charge on any atom is 0.230 e. The Morgan fingerprint density at radius 1 is 1.24 bits per heavy atom. The largest absolute Gasteiger partial charge is 0.342 e. The summed E-state index contributed by atoms with van der Waals surface area (Å²) in [5.41, 5.74) is 0.244. The van der Waals surface area contributed by atoms with Crippen molar-refractivity contribution in [1.82, 2.24) is 10.2 Å². The summed E-state index contributed by atoms with van der Waals surface area (Å²) in [5, 5.41) is 3.45. The van der Waals surface area contributed by atoms with Crippen LogP contribution in [0, 0.1) is 16.7 Å². The molecule has 2 fully saturated rings. The summed E-state index contributed by atoms with van der Waals surface area (Å²) in [6.45, 7) is 13.1. The van der Waals surface area contributed by atoms with Gasteiger partial charge in [-0.05, 0) is 56.4 Å². The minimum atomic E-state index is -0.125. The fraction of sp³-hybridized carbons (Fsp3) is 0.944. The lowest BCUT2D eigenvalue weighted by Crippen LogP contribution is -2.52. The van der Waals surface area contributed by atoms with E-state index in [-0.39, 0.29) is 5.41 Å². The van der Waals surface area contributed by atoms with Gasteiger partial charge in [0, 0.05) is 19.6 Å². The first-order valence-corrected chi connectivity index (χ1v) is 8.89. The van der Waals surface area contributed by atoms with Gasteiger partial charge in [-0.25, -0.2) is 0 Å². The van der Waals surface area contributed by atoms with E-state index in [4.69, 9.17) is 0 Å². The summed E-state index contributed by atoms with van der Waals surface area (Å²) < 4.78 is 0. The van der Waals surface area contributed by atoms with Gasteiger partial charge in [0.15, 0.2) is 0 Å². The second-order valence-electron chi connectivity index (χ2n) is 8.20. The van der Waals surface area contributed by atoms with Gasteiger partial charge in [-0.1, -0.05) is 27.7 Å². The number of amides is 1. The molecule has 1 N–H and O–H groups in total. The van der Waals surface area contributed by atoms with Crippen LogP contribution in [0.25, 0.3) is 0 Å². The number of carbonyl (C=O) groups excluding carboxylic acids is 1. The Morgan fingerprint density at radius 3 is 2.57 bits per heavy atom. The minimum absolute atomic E-state index is 0.125. The van der Waals surface area contributed by atoms with Crippen LogP contribution in [0.15, 0.2) is 0 Å². The number of likely N-dealkylation sites (tertiary alicyclic amines) is 1. The van der Waals surface area contributed by atoms with Crippen LogP contribution in [0.5, 0.6) is 0 Å². The van der Waals surface area contributed by atoms with Crippen LogP contribution in [0.4, 0.5) is 0 Å². The van der Waals surface area contributed by atoms with Crippen molar-refractivity contribution >= 4 is 5.91 Å². The molecular formula is C18H34N2O. The Bertz CT molecular complexity index is 353. The highest BCUT2D eigenvalue weighted by Crippen LogP contribution is 2.37. The van der Waals surface area contributed by atoms with Crippen LogP contribution >= 0.6 is 0 Å². The van der Waals surface area contributed by atoms with Crippen molar-refractivity contribution < 1.29 is 4.79 Å². The van der Waals surface area contributed by atoms with Gasteiger partial charge in [0.25, 0.3) is 0 Å². The van der Waals surface area contributed by atoms with Crippen LogP contribution in [-0.4, -0.2) is 37.0 Å². The van der Waals surface area contributed by atoms with Gasteiger partial charge in [0.05, 0.1) is 5.41 Å². The first kappa shape index (κ1) is 16.8. The predicted molar refractivity (Wildman–Crippen MR) is 88.2 cm³/mol. The summed E-state index contributed by atoms with van der Waals surface area (Å²) in [6, 6.07) is 0. The lowest BCUT2D eigenvalue weighted by molar-refractivity contribution is -0.143. The number of rotatable bonds is 2. The van der Waals surface area contributed by atoms with E-state index in [2.05, 4.69) is 37.9 Å². The highest BCUT2D eigenvalue weighted by Gasteiger charge is 2.41. The third kappa shape index (κ3) is 3.80. The van der Waals surface area contributed by atoms with E-state index >= 15 is 0 Å². The van der Waals surface area contributed by atoms with Gasteiger partial charge in [0.1, 0.15) is 0 Å². The molecule has 2 aliphatic heterocycles. The van der Waals surface area contributed by atoms with Crippen molar-refractivity contribution in [2.45, 2.75) is 66.2 Å². The van der Waals surface area contributed by atoms with Crippen molar-refractivity contribution in [1.29, 1.82) is 0 Å². The first-order valence-electron chi connectivity index (χ1n) is 8.89. The molecule has 3 nitrogen and oxygen atoms in total. The zero-order valence-corrected chi connectivity index (χ0v) is 14.5. The van der Waals surface area contributed by atoms with Gasteiger partial charge < -0.3 is 10.2 Å². The van der Waals surface area contributed by atoms with E-state index in [0.717, 1.165) is 51.4 Å².